The maximum Gasteiger partial charge on any atom is 0.340 e. The molecule has 7 heteroatoms. The average Bonchev–Trinajstić information content (AvgIpc) is 2.88. The van der Waals surface area contributed by atoms with E-state index in [1.54, 1.807) is 32.0 Å². The predicted octanol–water partition coefficient (Wildman–Crippen LogP) is 3.78. The minimum atomic E-state index is -0.495. The smallest absolute Gasteiger partial charge is 0.340 e. The second kappa shape index (κ2) is 6.42. The molecule has 24 heavy (non-hydrogen) atoms. The van der Waals surface area contributed by atoms with Gasteiger partial charge in [0.1, 0.15) is 5.69 Å². The van der Waals surface area contributed by atoms with Crippen LogP contribution in [0.1, 0.15) is 39.0 Å². The lowest BCUT2D eigenvalue weighted by molar-refractivity contribution is 0.0525. The number of esters is 1. The van der Waals surface area contributed by atoms with E-state index in [1.807, 2.05) is 0 Å². The van der Waals surface area contributed by atoms with E-state index in [0.717, 1.165) is 0 Å². The molecule has 3 rings (SSSR count). The van der Waals surface area contributed by atoms with Gasteiger partial charge in [0.05, 0.1) is 17.9 Å². The molecular weight excluding hydrogens is 351 g/mol. The van der Waals surface area contributed by atoms with Crippen LogP contribution in [0.25, 0.3) is 11.1 Å². The minimum Gasteiger partial charge on any atom is -0.462 e. The Balaban J connectivity index is 2.35. The van der Waals surface area contributed by atoms with Crippen molar-refractivity contribution in [3.05, 3.63) is 50.8 Å². The molecule has 0 bridgehead atoms. The third-order valence-corrected chi connectivity index (χ3v) is 4.35. The Bertz CT molecular complexity index is 865. The number of benzene rings is 1. The van der Waals surface area contributed by atoms with Crippen LogP contribution in [0, 0.1) is 6.92 Å². The molecule has 2 heterocycles. The number of amides is 1. The Morgan fingerprint density at radius 1 is 1.38 bits per heavy atom. The van der Waals surface area contributed by atoms with Crippen molar-refractivity contribution in [2.45, 2.75) is 20.4 Å². The van der Waals surface area contributed by atoms with Gasteiger partial charge >= 0.3 is 5.97 Å². The summed E-state index contributed by atoms with van der Waals surface area (Å²) in [7, 11) is 0. The van der Waals surface area contributed by atoms with Crippen LogP contribution in [0.2, 0.25) is 10.0 Å². The van der Waals surface area contributed by atoms with Crippen molar-refractivity contribution in [2.24, 2.45) is 0 Å². The molecule has 1 aliphatic rings. The maximum atomic E-state index is 12.5. The van der Waals surface area contributed by atoms with Crippen molar-refractivity contribution in [1.82, 2.24) is 10.3 Å². The van der Waals surface area contributed by atoms with Crippen molar-refractivity contribution >= 4 is 35.1 Å². The lowest BCUT2D eigenvalue weighted by Gasteiger charge is -2.16. The third kappa shape index (κ3) is 2.74. The molecule has 2 aromatic rings. The van der Waals surface area contributed by atoms with Crippen molar-refractivity contribution in [2.75, 3.05) is 6.61 Å². The highest BCUT2D eigenvalue weighted by Gasteiger charge is 2.31. The van der Waals surface area contributed by atoms with Crippen molar-refractivity contribution in [3.63, 3.8) is 0 Å². The van der Waals surface area contributed by atoms with Gasteiger partial charge < -0.3 is 10.1 Å². The van der Waals surface area contributed by atoms with Crippen LogP contribution in [0.4, 0.5) is 0 Å². The van der Waals surface area contributed by atoms with E-state index in [2.05, 4.69) is 10.3 Å². The maximum absolute atomic E-state index is 12.5. The van der Waals surface area contributed by atoms with Crippen LogP contribution in [0.5, 0.6) is 0 Å². The summed E-state index contributed by atoms with van der Waals surface area (Å²) in [4.78, 5) is 28.8. The van der Waals surface area contributed by atoms with E-state index in [9.17, 15) is 9.59 Å². The fourth-order valence-electron chi connectivity index (χ4n) is 2.80. The summed E-state index contributed by atoms with van der Waals surface area (Å²) in [5, 5.41) is 3.60. The highest BCUT2D eigenvalue weighted by Crippen LogP contribution is 2.38. The summed E-state index contributed by atoms with van der Waals surface area (Å²) in [6, 6.07) is 5.01. The van der Waals surface area contributed by atoms with Gasteiger partial charge in [0.15, 0.2) is 0 Å². The monoisotopic (exact) mass is 364 g/mol. The highest BCUT2D eigenvalue weighted by molar-refractivity contribution is 6.36. The Morgan fingerprint density at radius 2 is 2.12 bits per heavy atom. The van der Waals surface area contributed by atoms with E-state index >= 15 is 0 Å². The molecule has 0 radical (unpaired) electrons. The van der Waals surface area contributed by atoms with E-state index in [4.69, 9.17) is 27.9 Å². The van der Waals surface area contributed by atoms with Crippen molar-refractivity contribution in [1.29, 1.82) is 0 Å². The molecule has 0 saturated heterocycles. The number of pyridine rings is 1. The van der Waals surface area contributed by atoms with Crippen LogP contribution in [0.15, 0.2) is 18.2 Å². The van der Waals surface area contributed by atoms with Crippen LogP contribution in [-0.2, 0) is 11.3 Å². The number of carbonyl (C=O) groups is 2. The zero-order chi connectivity index (χ0) is 17.4. The number of nitrogens with one attached hydrogen (secondary N) is 1. The molecule has 0 atom stereocenters. The Hall–Kier alpha value is -2.11. The molecule has 0 unspecified atom stereocenters. The summed E-state index contributed by atoms with van der Waals surface area (Å²) in [5.41, 5.74) is 2.86. The number of halogens is 2. The third-order valence-electron chi connectivity index (χ3n) is 3.80. The molecule has 1 aromatic heterocycles. The van der Waals surface area contributed by atoms with Gasteiger partial charge in [-0.05, 0) is 26.0 Å². The number of aromatic nitrogens is 1. The topological polar surface area (TPSA) is 68.3 Å². The highest BCUT2D eigenvalue weighted by atomic mass is 35.5. The first-order valence-electron chi connectivity index (χ1n) is 7.38. The number of hydrogen-bond donors (Lipinski definition) is 1. The first kappa shape index (κ1) is 16.7. The first-order chi connectivity index (χ1) is 11.4. The Labute approximate surface area is 148 Å². The zero-order valence-corrected chi connectivity index (χ0v) is 14.6. The normalized spacial score (nSPS) is 12.8. The van der Waals surface area contributed by atoms with Crippen LogP contribution >= 0.6 is 23.2 Å². The minimum absolute atomic E-state index is 0.236. The number of rotatable bonds is 3. The first-order valence-corrected chi connectivity index (χ1v) is 8.13. The second-order valence-electron chi connectivity index (χ2n) is 5.30. The van der Waals surface area contributed by atoms with Gasteiger partial charge in [0.25, 0.3) is 5.91 Å². The summed E-state index contributed by atoms with van der Waals surface area (Å²) < 4.78 is 5.17. The number of carbonyl (C=O) groups excluding carboxylic acids is 2. The lowest BCUT2D eigenvalue weighted by atomic mass is 9.93. The quantitative estimate of drug-likeness (QED) is 0.841. The molecule has 5 nitrogen and oxygen atoms in total. The number of fused-ring (bicyclic) bond motifs is 1. The van der Waals surface area contributed by atoms with Gasteiger partial charge in [-0.15, -0.1) is 0 Å². The summed E-state index contributed by atoms with van der Waals surface area (Å²) in [6.07, 6.45) is 0. The molecule has 1 amide bonds. The van der Waals surface area contributed by atoms with E-state index < -0.39 is 5.97 Å². The fraction of sp³-hybridized carbons (Fsp3) is 0.235. The molecule has 1 aliphatic heterocycles. The molecule has 0 spiro atoms. The van der Waals surface area contributed by atoms with E-state index in [0.29, 0.717) is 43.7 Å². The summed E-state index contributed by atoms with van der Waals surface area (Å²) in [5.74, 6) is -0.763. The molecule has 0 fully saturated rings. The lowest BCUT2D eigenvalue weighted by Crippen LogP contribution is -2.15. The van der Waals surface area contributed by atoms with Gasteiger partial charge in [0.2, 0.25) is 0 Å². The van der Waals surface area contributed by atoms with Crippen LogP contribution in [-0.4, -0.2) is 23.5 Å². The second-order valence-corrected chi connectivity index (χ2v) is 6.15. The summed E-state index contributed by atoms with van der Waals surface area (Å²) in [6.45, 7) is 3.92. The summed E-state index contributed by atoms with van der Waals surface area (Å²) >= 11 is 12.3. The van der Waals surface area contributed by atoms with Gasteiger partial charge in [-0.3, -0.25) is 4.79 Å². The largest absolute Gasteiger partial charge is 0.462 e. The fourth-order valence-corrected chi connectivity index (χ4v) is 3.30. The van der Waals surface area contributed by atoms with Crippen molar-refractivity contribution < 1.29 is 14.3 Å². The molecular formula is C17H14Cl2N2O3. The van der Waals surface area contributed by atoms with Crippen molar-refractivity contribution in [3.8, 4) is 11.1 Å². The average molecular weight is 365 g/mol. The standard InChI is InChI=1S/C17H14Cl2N2O3/c1-3-24-17(23)13-8(2)21-15-11(7-20-16(15)22)14(13)10-5-4-9(18)6-12(10)19/h4-6H,3,7H2,1-2H3,(H,20,22). The number of aryl methyl sites for hydroxylation is 1. The molecule has 1 N–H and O–H groups in total. The number of ether oxygens (including phenoxy) is 1. The number of hydrogen-bond acceptors (Lipinski definition) is 4. The number of nitrogens with zero attached hydrogens (tertiary/aromatic N) is 1. The Kier molecular flexibility index (Phi) is 4.47. The predicted molar refractivity (Wildman–Crippen MR) is 91.6 cm³/mol. The van der Waals surface area contributed by atoms with Crippen LogP contribution in [0.3, 0.4) is 0 Å². The Morgan fingerprint density at radius 3 is 2.79 bits per heavy atom. The van der Waals surface area contributed by atoms with Gasteiger partial charge in [0, 0.05) is 33.3 Å². The van der Waals surface area contributed by atoms with Gasteiger partial charge in [-0.2, -0.15) is 0 Å². The van der Waals surface area contributed by atoms with Gasteiger partial charge in [-0.25, -0.2) is 9.78 Å². The van der Waals surface area contributed by atoms with Crippen LogP contribution < -0.4 is 5.32 Å². The molecule has 124 valence electrons. The van der Waals surface area contributed by atoms with E-state index in [-0.39, 0.29) is 19.1 Å². The molecule has 0 aliphatic carbocycles. The van der Waals surface area contributed by atoms with E-state index in [1.165, 1.54) is 0 Å². The molecule has 1 aromatic carbocycles. The zero-order valence-electron chi connectivity index (χ0n) is 13.1. The SMILES string of the molecule is CCOC(=O)c1c(C)nc2c(c1-c1ccc(Cl)cc1Cl)CNC2=O. The molecule has 0 saturated carbocycles. The van der Waals surface area contributed by atoms with Gasteiger partial charge in [-0.1, -0.05) is 29.3 Å².